The highest BCUT2D eigenvalue weighted by atomic mass is 16.4. The van der Waals surface area contributed by atoms with E-state index in [1.807, 2.05) is 36.1 Å². The van der Waals surface area contributed by atoms with Crippen LogP contribution in [0.1, 0.15) is 24.1 Å². The molecule has 0 fully saturated rings. The quantitative estimate of drug-likeness (QED) is 0.696. The molecule has 0 unspecified atom stereocenters. The van der Waals surface area contributed by atoms with E-state index in [2.05, 4.69) is 27.3 Å². The van der Waals surface area contributed by atoms with Crippen molar-refractivity contribution >= 4 is 11.4 Å². The van der Waals surface area contributed by atoms with E-state index in [1.165, 1.54) is 5.69 Å². The molecule has 21 heavy (non-hydrogen) atoms. The molecule has 5 nitrogen and oxygen atoms in total. The van der Waals surface area contributed by atoms with Crippen molar-refractivity contribution < 1.29 is 5.21 Å². The van der Waals surface area contributed by atoms with Gasteiger partial charge in [-0.3, -0.25) is 4.68 Å². The fourth-order valence-electron chi connectivity index (χ4n) is 2.92. The van der Waals surface area contributed by atoms with E-state index in [0.29, 0.717) is 0 Å². The number of oxime groups is 1. The molecule has 0 bridgehead atoms. The Kier molecular flexibility index (Phi) is 3.90. The monoisotopic (exact) mass is 284 g/mol. The molecule has 5 heteroatoms. The summed E-state index contributed by atoms with van der Waals surface area (Å²) < 4.78 is 1.92. The summed E-state index contributed by atoms with van der Waals surface area (Å²) in [6.07, 6.45) is 4.61. The van der Waals surface area contributed by atoms with Gasteiger partial charge in [0.05, 0.1) is 5.71 Å². The third-order valence-electron chi connectivity index (χ3n) is 4.08. The first kappa shape index (κ1) is 13.7. The predicted octanol–water partition coefficient (Wildman–Crippen LogP) is 2.44. The number of hydrogen-bond donors (Lipinski definition) is 1. The van der Waals surface area contributed by atoms with Crippen molar-refractivity contribution in [1.29, 1.82) is 0 Å². The molecule has 1 N–H and O–H groups in total. The van der Waals surface area contributed by atoms with Crippen molar-refractivity contribution in [3.8, 4) is 0 Å². The standard InChI is InChI=1S/C16H20N4O/c1-19-13(8-10-17-19)9-12-20-11-4-6-15(18-21)14-5-2-3-7-16(14)20/h2-3,5,7-8,10,21H,4,6,9,11-12H2,1H3/b18-15-. The number of fused-ring (bicyclic) bond motifs is 1. The van der Waals surface area contributed by atoms with Crippen molar-refractivity contribution in [2.24, 2.45) is 12.2 Å². The fourth-order valence-corrected chi connectivity index (χ4v) is 2.92. The van der Waals surface area contributed by atoms with Gasteiger partial charge in [0.2, 0.25) is 0 Å². The largest absolute Gasteiger partial charge is 0.411 e. The molecule has 1 aliphatic heterocycles. The van der Waals surface area contributed by atoms with E-state index in [4.69, 9.17) is 0 Å². The third-order valence-corrected chi connectivity index (χ3v) is 4.08. The number of benzene rings is 1. The van der Waals surface area contributed by atoms with Crippen LogP contribution in [0.2, 0.25) is 0 Å². The van der Waals surface area contributed by atoms with E-state index in [9.17, 15) is 5.21 Å². The minimum Gasteiger partial charge on any atom is -0.411 e. The Bertz CT molecular complexity index is 647. The zero-order valence-electron chi connectivity index (χ0n) is 12.2. The molecule has 3 rings (SSSR count). The van der Waals surface area contributed by atoms with E-state index in [1.54, 1.807) is 0 Å². The van der Waals surface area contributed by atoms with Gasteiger partial charge in [-0.25, -0.2) is 0 Å². The van der Waals surface area contributed by atoms with Gasteiger partial charge in [-0.15, -0.1) is 0 Å². The predicted molar refractivity (Wildman–Crippen MR) is 83.1 cm³/mol. The molecule has 2 heterocycles. The number of anilines is 1. The zero-order chi connectivity index (χ0) is 14.7. The average Bonchev–Trinajstić information content (AvgIpc) is 2.83. The molecule has 0 radical (unpaired) electrons. The van der Waals surface area contributed by atoms with Crippen LogP contribution in [0.25, 0.3) is 0 Å². The lowest BCUT2D eigenvalue weighted by molar-refractivity contribution is 0.318. The van der Waals surface area contributed by atoms with Crippen LogP contribution in [0.5, 0.6) is 0 Å². The Morgan fingerprint density at radius 2 is 2.14 bits per heavy atom. The Hall–Kier alpha value is -2.30. The summed E-state index contributed by atoms with van der Waals surface area (Å²) in [6, 6.07) is 10.2. The number of rotatable bonds is 3. The van der Waals surface area contributed by atoms with Gasteiger partial charge in [-0.1, -0.05) is 23.4 Å². The molecule has 1 aliphatic rings. The van der Waals surface area contributed by atoms with Crippen LogP contribution in [0.15, 0.2) is 41.7 Å². The van der Waals surface area contributed by atoms with Crippen LogP contribution in [0, 0.1) is 0 Å². The van der Waals surface area contributed by atoms with E-state index in [0.717, 1.165) is 49.3 Å². The summed E-state index contributed by atoms with van der Waals surface area (Å²) in [5.74, 6) is 0. The summed E-state index contributed by atoms with van der Waals surface area (Å²) in [5, 5.41) is 16.9. The number of aryl methyl sites for hydroxylation is 1. The number of hydrogen-bond acceptors (Lipinski definition) is 4. The molecule has 0 amide bonds. The van der Waals surface area contributed by atoms with Gasteiger partial charge in [0, 0.05) is 49.7 Å². The molecule has 2 aromatic rings. The van der Waals surface area contributed by atoms with Crippen LogP contribution in [0.4, 0.5) is 5.69 Å². The second kappa shape index (κ2) is 5.99. The topological polar surface area (TPSA) is 53.7 Å². The highest BCUT2D eigenvalue weighted by Gasteiger charge is 2.19. The van der Waals surface area contributed by atoms with E-state index >= 15 is 0 Å². The van der Waals surface area contributed by atoms with Gasteiger partial charge in [-0.05, 0) is 25.0 Å². The Morgan fingerprint density at radius 1 is 1.29 bits per heavy atom. The normalized spacial score (nSPS) is 16.8. The van der Waals surface area contributed by atoms with Gasteiger partial charge in [-0.2, -0.15) is 5.10 Å². The van der Waals surface area contributed by atoms with Crippen LogP contribution in [0.3, 0.4) is 0 Å². The first-order valence-electron chi connectivity index (χ1n) is 7.32. The van der Waals surface area contributed by atoms with E-state index < -0.39 is 0 Å². The second-order valence-electron chi connectivity index (χ2n) is 5.35. The van der Waals surface area contributed by atoms with Gasteiger partial charge in [0.1, 0.15) is 0 Å². The molecule has 0 spiro atoms. The van der Waals surface area contributed by atoms with Crippen LogP contribution in [-0.4, -0.2) is 33.8 Å². The summed E-state index contributed by atoms with van der Waals surface area (Å²) in [4.78, 5) is 2.38. The molecule has 0 atom stereocenters. The summed E-state index contributed by atoms with van der Waals surface area (Å²) in [6.45, 7) is 1.92. The lowest BCUT2D eigenvalue weighted by Gasteiger charge is -2.24. The first-order valence-corrected chi connectivity index (χ1v) is 7.32. The molecular formula is C16H20N4O. The van der Waals surface area contributed by atoms with Crippen molar-refractivity contribution in [2.45, 2.75) is 19.3 Å². The molecule has 110 valence electrons. The van der Waals surface area contributed by atoms with Gasteiger partial charge in [0.25, 0.3) is 0 Å². The van der Waals surface area contributed by atoms with Crippen LogP contribution >= 0.6 is 0 Å². The summed E-state index contributed by atoms with van der Waals surface area (Å²) >= 11 is 0. The summed E-state index contributed by atoms with van der Waals surface area (Å²) in [7, 11) is 1.97. The minimum atomic E-state index is 0.786. The number of nitrogens with zero attached hydrogens (tertiary/aromatic N) is 4. The van der Waals surface area contributed by atoms with E-state index in [-0.39, 0.29) is 0 Å². The SMILES string of the molecule is Cn1nccc1CCN1CCC/C(=N/O)c2ccccc21. The highest BCUT2D eigenvalue weighted by Crippen LogP contribution is 2.26. The van der Waals surface area contributed by atoms with Crippen LogP contribution < -0.4 is 4.90 Å². The number of para-hydroxylation sites is 1. The maximum absolute atomic E-state index is 9.22. The van der Waals surface area contributed by atoms with Crippen molar-refractivity contribution in [1.82, 2.24) is 9.78 Å². The van der Waals surface area contributed by atoms with Crippen molar-refractivity contribution in [2.75, 3.05) is 18.0 Å². The average molecular weight is 284 g/mol. The Morgan fingerprint density at radius 3 is 2.90 bits per heavy atom. The lowest BCUT2D eigenvalue weighted by Crippen LogP contribution is -2.27. The molecule has 0 saturated carbocycles. The second-order valence-corrected chi connectivity index (χ2v) is 5.35. The molecule has 0 saturated heterocycles. The maximum Gasteiger partial charge on any atom is 0.0889 e. The highest BCUT2D eigenvalue weighted by molar-refractivity contribution is 6.05. The summed E-state index contributed by atoms with van der Waals surface area (Å²) in [5.41, 5.74) is 4.22. The number of aromatic nitrogens is 2. The van der Waals surface area contributed by atoms with Gasteiger partial charge in [0.15, 0.2) is 0 Å². The first-order chi connectivity index (χ1) is 10.3. The van der Waals surface area contributed by atoms with Gasteiger partial charge >= 0.3 is 0 Å². The minimum absolute atomic E-state index is 0.786. The molecule has 1 aromatic carbocycles. The Labute approximate surface area is 124 Å². The smallest absolute Gasteiger partial charge is 0.0889 e. The fraction of sp³-hybridized carbons (Fsp3) is 0.375. The molecule has 1 aromatic heterocycles. The van der Waals surface area contributed by atoms with Crippen LogP contribution in [-0.2, 0) is 13.5 Å². The molecule has 0 aliphatic carbocycles. The van der Waals surface area contributed by atoms with Gasteiger partial charge < -0.3 is 10.1 Å². The van der Waals surface area contributed by atoms with Crippen molar-refractivity contribution in [3.63, 3.8) is 0 Å². The Balaban J connectivity index is 1.83. The lowest BCUT2D eigenvalue weighted by atomic mass is 10.1. The maximum atomic E-state index is 9.22. The molecular weight excluding hydrogens is 264 g/mol. The zero-order valence-corrected chi connectivity index (χ0v) is 12.2. The third kappa shape index (κ3) is 2.77. The van der Waals surface area contributed by atoms with Crippen molar-refractivity contribution in [3.05, 3.63) is 47.8 Å².